The topological polar surface area (TPSA) is 23.5 Å². The number of aliphatic hydroxyl groups excluding tert-OH is 1. The summed E-state index contributed by atoms with van der Waals surface area (Å²) < 4.78 is 26.7. The molecule has 0 aromatic heterocycles. The van der Waals surface area contributed by atoms with Crippen LogP contribution in [0.5, 0.6) is 0 Å². The van der Waals surface area contributed by atoms with Gasteiger partial charge in [-0.05, 0) is 12.5 Å². The van der Waals surface area contributed by atoms with Gasteiger partial charge in [-0.15, -0.1) is 0 Å². The van der Waals surface area contributed by atoms with E-state index in [1.807, 2.05) is 42.2 Å². The van der Waals surface area contributed by atoms with Gasteiger partial charge >= 0.3 is 0 Å². The van der Waals surface area contributed by atoms with Gasteiger partial charge < -0.3 is 5.11 Å². The zero-order chi connectivity index (χ0) is 13.2. The molecule has 2 nitrogen and oxygen atoms in total. The van der Waals surface area contributed by atoms with Gasteiger partial charge in [-0.3, -0.25) is 4.90 Å². The van der Waals surface area contributed by atoms with Gasteiger partial charge in [0.1, 0.15) is 0 Å². The van der Waals surface area contributed by atoms with Crippen molar-refractivity contribution in [2.45, 2.75) is 37.8 Å². The van der Waals surface area contributed by atoms with E-state index in [0.29, 0.717) is 6.54 Å². The van der Waals surface area contributed by atoms with Gasteiger partial charge in [-0.25, -0.2) is 8.78 Å². The maximum atomic E-state index is 13.3. The molecule has 0 bridgehead atoms. The fraction of sp³-hybridized carbons (Fsp3) is 0.571. The lowest BCUT2D eigenvalue weighted by Gasteiger charge is -2.42. The van der Waals surface area contributed by atoms with E-state index in [1.54, 1.807) is 0 Å². The Labute approximate surface area is 106 Å². The van der Waals surface area contributed by atoms with Crippen molar-refractivity contribution in [3.05, 3.63) is 35.9 Å². The average Bonchev–Trinajstić information content (AvgIpc) is 2.38. The van der Waals surface area contributed by atoms with Crippen LogP contribution in [-0.4, -0.2) is 35.1 Å². The molecule has 1 fully saturated rings. The second-order valence-electron chi connectivity index (χ2n) is 4.97. The summed E-state index contributed by atoms with van der Waals surface area (Å²) >= 11 is 0. The number of alkyl halides is 2. The lowest BCUT2D eigenvalue weighted by molar-refractivity contribution is -0.0964. The van der Waals surface area contributed by atoms with Crippen LogP contribution in [0.1, 0.15) is 31.4 Å². The molecule has 0 aliphatic carbocycles. The number of rotatable bonds is 3. The first-order valence-electron chi connectivity index (χ1n) is 6.33. The maximum Gasteiger partial charge on any atom is 0.250 e. The van der Waals surface area contributed by atoms with Crippen molar-refractivity contribution >= 4 is 0 Å². The Balaban J connectivity index is 2.13. The molecule has 0 amide bonds. The van der Waals surface area contributed by atoms with Crippen molar-refractivity contribution < 1.29 is 13.9 Å². The summed E-state index contributed by atoms with van der Waals surface area (Å²) in [6, 6.07) is 9.40. The number of likely N-dealkylation sites (tertiary alicyclic amines) is 1. The van der Waals surface area contributed by atoms with Crippen LogP contribution in [0.4, 0.5) is 8.78 Å². The Hall–Kier alpha value is -1.00. The minimum absolute atomic E-state index is 0.0550. The van der Waals surface area contributed by atoms with Gasteiger partial charge in [-0.2, -0.15) is 0 Å². The van der Waals surface area contributed by atoms with Crippen molar-refractivity contribution in [2.75, 3.05) is 13.2 Å². The highest BCUT2D eigenvalue weighted by molar-refractivity contribution is 5.18. The largest absolute Gasteiger partial charge is 0.395 e. The van der Waals surface area contributed by atoms with Gasteiger partial charge in [0, 0.05) is 31.5 Å². The van der Waals surface area contributed by atoms with Crippen LogP contribution in [0.15, 0.2) is 30.3 Å². The molecule has 1 aromatic carbocycles. The molecule has 18 heavy (non-hydrogen) atoms. The van der Waals surface area contributed by atoms with Gasteiger partial charge in [0.15, 0.2) is 0 Å². The third kappa shape index (κ3) is 2.87. The van der Waals surface area contributed by atoms with Gasteiger partial charge in [0.05, 0.1) is 6.61 Å². The van der Waals surface area contributed by atoms with Crippen molar-refractivity contribution in [3.8, 4) is 0 Å². The quantitative estimate of drug-likeness (QED) is 0.897. The fourth-order valence-electron chi connectivity index (χ4n) is 2.64. The Morgan fingerprint density at radius 2 is 2.06 bits per heavy atom. The van der Waals surface area contributed by atoms with E-state index in [9.17, 15) is 13.9 Å². The Bertz CT molecular complexity index is 383. The first-order chi connectivity index (χ1) is 8.53. The maximum absolute atomic E-state index is 13.3. The summed E-state index contributed by atoms with van der Waals surface area (Å²) in [6.07, 6.45) is -0.374. The number of benzene rings is 1. The lowest BCUT2D eigenvalue weighted by atomic mass is 9.95. The van der Waals surface area contributed by atoms with Crippen molar-refractivity contribution in [3.63, 3.8) is 0 Å². The predicted octanol–water partition coefficient (Wildman–Crippen LogP) is 2.84. The SMILES string of the molecule is CC(c1ccccc1)N1CCC(F)(F)CC1CO. The van der Waals surface area contributed by atoms with Gasteiger partial charge in [0.25, 0.3) is 5.92 Å². The predicted molar refractivity (Wildman–Crippen MR) is 66.6 cm³/mol. The molecule has 1 saturated heterocycles. The van der Waals surface area contributed by atoms with Crippen molar-refractivity contribution in [1.82, 2.24) is 4.90 Å². The summed E-state index contributed by atoms with van der Waals surface area (Å²) in [5.74, 6) is -2.64. The van der Waals surface area contributed by atoms with E-state index in [1.165, 1.54) is 0 Å². The van der Waals surface area contributed by atoms with E-state index in [0.717, 1.165) is 5.56 Å². The molecule has 1 aromatic rings. The molecular formula is C14H19F2NO. The number of aliphatic hydroxyl groups is 1. The summed E-state index contributed by atoms with van der Waals surface area (Å²) in [7, 11) is 0. The van der Waals surface area contributed by atoms with E-state index >= 15 is 0 Å². The highest BCUT2D eigenvalue weighted by Crippen LogP contribution is 2.35. The molecular weight excluding hydrogens is 236 g/mol. The molecule has 1 N–H and O–H groups in total. The smallest absolute Gasteiger partial charge is 0.250 e. The molecule has 2 atom stereocenters. The summed E-state index contributed by atoms with van der Waals surface area (Å²) in [4.78, 5) is 1.98. The first-order valence-corrected chi connectivity index (χ1v) is 6.33. The average molecular weight is 255 g/mol. The molecule has 1 aliphatic rings. The standard InChI is InChI=1S/C14H19F2NO/c1-11(12-5-3-2-4-6-12)17-8-7-14(15,16)9-13(17)10-18/h2-6,11,13,18H,7-10H2,1H3. The molecule has 1 aliphatic heterocycles. The number of piperidine rings is 1. The molecule has 0 spiro atoms. The van der Waals surface area contributed by atoms with Crippen LogP contribution in [0.2, 0.25) is 0 Å². The third-order valence-corrected chi connectivity index (χ3v) is 3.73. The van der Waals surface area contributed by atoms with E-state index in [2.05, 4.69) is 0 Å². The van der Waals surface area contributed by atoms with Crippen LogP contribution >= 0.6 is 0 Å². The van der Waals surface area contributed by atoms with Crippen LogP contribution < -0.4 is 0 Å². The fourth-order valence-corrected chi connectivity index (χ4v) is 2.64. The van der Waals surface area contributed by atoms with Crippen LogP contribution in [0.3, 0.4) is 0 Å². The van der Waals surface area contributed by atoms with Crippen molar-refractivity contribution in [2.24, 2.45) is 0 Å². The van der Waals surface area contributed by atoms with E-state index in [-0.39, 0.29) is 25.5 Å². The Kier molecular flexibility index (Phi) is 3.97. The normalized spacial score (nSPS) is 25.9. The summed E-state index contributed by atoms with van der Waals surface area (Å²) in [5, 5.41) is 9.31. The van der Waals surface area contributed by atoms with Crippen LogP contribution in [0.25, 0.3) is 0 Å². The highest BCUT2D eigenvalue weighted by atomic mass is 19.3. The lowest BCUT2D eigenvalue weighted by Crippen LogP contribution is -2.49. The Morgan fingerprint density at radius 1 is 1.39 bits per heavy atom. The van der Waals surface area contributed by atoms with Crippen molar-refractivity contribution in [1.29, 1.82) is 0 Å². The Morgan fingerprint density at radius 3 is 2.67 bits per heavy atom. The number of halogens is 2. The molecule has 100 valence electrons. The zero-order valence-corrected chi connectivity index (χ0v) is 10.5. The highest BCUT2D eigenvalue weighted by Gasteiger charge is 2.41. The molecule has 0 radical (unpaired) electrons. The monoisotopic (exact) mass is 255 g/mol. The molecule has 2 unspecified atom stereocenters. The molecule has 0 saturated carbocycles. The zero-order valence-electron chi connectivity index (χ0n) is 10.5. The molecule has 2 rings (SSSR count). The molecule has 1 heterocycles. The van der Waals surface area contributed by atoms with Crippen LogP contribution in [0, 0.1) is 0 Å². The van der Waals surface area contributed by atoms with Gasteiger partial charge in [0.2, 0.25) is 0 Å². The minimum atomic E-state index is -2.64. The summed E-state index contributed by atoms with van der Waals surface area (Å²) in [6.45, 7) is 2.11. The summed E-state index contributed by atoms with van der Waals surface area (Å²) in [5.41, 5.74) is 1.10. The third-order valence-electron chi connectivity index (χ3n) is 3.73. The van der Waals surface area contributed by atoms with Crippen LogP contribution in [-0.2, 0) is 0 Å². The molecule has 4 heteroatoms. The second-order valence-corrected chi connectivity index (χ2v) is 4.97. The first kappa shape index (κ1) is 13.4. The minimum Gasteiger partial charge on any atom is -0.395 e. The number of hydrogen-bond donors (Lipinski definition) is 1. The second kappa shape index (κ2) is 5.33. The number of nitrogens with zero attached hydrogens (tertiary/aromatic N) is 1. The van der Waals surface area contributed by atoms with E-state index < -0.39 is 12.0 Å². The van der Waals surface area contributed by atoms with Gasteiger partial charge in [-0.1, -0.05) is 30.3 Å². The van der Waals surface area contributed by atoms with E-state index in [4.69, 9.17) is 0 Å². The number of hydrogen-bond acceptors (Lipinski definition) is 2.